The van der Waals surface area contributed by atoms with Gasteiger partial charge in [0.2, 0.25) is 5.89 Å². The zero-order valence-electron chi connectivity index (χ0n) is 11.2. The Labute approximate surface area is 116 Å². The Morgan fingerprint density at radius 2 is 2.15 bits per heavy atom. The normalized spacial score (nSPS) is 18.1. The first-order chi connectivity index (χ1) is 9.79. The highest BCUT2D eigenvalue weighted by atomic mass is 16.5. The molecular weight excluding hydrogens is 258 g/mol. The minimum absolute atomic E-state index is 0.170. The number of carbonyl (C=O) groups is 1. The Balaban J connectivity index is 2.04. The van der Waals surface area contributed by atoms with E-state index in [-0.39, 0.29) is 11.8 Å². The molecule has 0 aliphatic carbocycles. The molecular formula is C15H15NO4. The minimum Gasteiger partial charge on any atom is -0.464 e. The van der Waals surface area contributed by atoms with Crippen molar-refractivity contribution in [2.24, 2.45) is 0 Å². The van der Waals surface area contributed by atoms with Gasteiger partial charge in [0.05, 0.1) is 7.11 Å². The molecule has 0 radical (unpaired) electrons. The molecule has 1 atom stereocenters. The summed E-state index contributed by atoms with van der Waals surface area (Å²) in [5.41, 5.74) is 0.994. The second kappa shape index (κ2) is 5.46. The number of ether oxygens (including phenoxy) is 2. The molecule has 0 N–H and O–H groups in total. The molecule has 0 saturated carbocycles. The topological polar surface area (TPSA) is 61.6 Å². The molecule has 0 spiro atoms. The van der Waals surface area contributed by atoms with Gasteiger partial charge in [-0.05, 0) is 12.8 Å². The van der Waals surface area contributed by atoms with Crippen molar-refractivity contribution in [2.75, 3.05) is 13.7 Å². The van der Waals surface area contributed by atoms with E-state index in [4.69, 9.17) is 13.9 Å². The summed E-state index contributed by atoms with van der Waals surface area (Å²) in [7, 11) is 1.33. The number of esters is 1. The van der Waals surface area contributed by atoms with Crippen molar-refractivity contribution >= 4 is 5.97 Å². The summed E-state index contributed by atoms with van der Waals surface area (Å²) in [6.45, 7) is 0.696. The van der Waals surface area contributed by atoms with Gasteiger partial charge in [0.25, 0.3) is 0 Å². The standard InChI is InChI=1S/C15H15NO4/c1-18-15(17)12-13(10-6-3-2-4-7-10)20-14(16-12)11-8-5-9-19-11/h2-4,6-7,11H,5,8-9H2,1H3. The summed E-state index contributed by atoms with van der Waals surface area (Å²) < 4.78 is 16.1. The number of hydrogen-bond acceptors (Lipinski definition) is 5. The molecule has 1 saturated heterocycles. The third-order valence-corrected chi connectivity index (χ3v) is 3.26. The average Bonchev–Trinajstić information content (AvgIpc) is 3.16. The number of aromatic nitrogens is 1. The van der Waals surface area contributed by atoms with Crippen LogP contribution in [0.25, 0.3) is 11.3 Å². The van der Waals surface area contributed by atoms with E-state index < -0.39 is 5.97 Å². The minimum atomic E-state index is -0.503. The van der Waals surface area contributed by atoms with E-state index in [0.717, 1.165) is 18.4 Å². The molecule has 3 rings (SSSR count). The summed E-state index contributed by atoms with van der Waals surface area (Å²) in [6, 6.07) is 9.40. The molecule has 1 aromatic carbocycles. The predicted molar refractivity (Wildman–Crippen MR) is 71.2 cm³/mol. The fraction of sp³-hybridized carbons (Fsp3) is 0.333. The van der Waals surface area contributed by atoms with Crippen molar-refractivity contribution in [3.63, 3.8) is 0 Å². The van der Waals surface area contributed by atoms with Crippen LogP contribution in [0.2, 0.25) is 0 Å². The highest BCUT2D eigenvalue weighted by molar-refractivity contribution is 5.93. The second-order valence-corrected chi connectivity index (χ2v) is 4.59. The molecule has 1 fully saturated rings. The first-order valence-corrected chi connectivity index (χ1v) is 6.55. The number of nitrogens with zero attached hydrogens (tertiary/aromatic N) is 1. The zero-order valence-corrected chi connectivity index (χ0v) is 11.2. The third kappa shape index (κ3) is 2.32. The maximum atomic E-state index is 11.9. The Bertz CT molecular complexity index is 600. The van der Waals surface area contributed by atoms with Crippen molar-refractivity contribution in [2.45, 2.75) is 18.9 Å². The lowest BCUT2D eigenvalue weighted by Gasteiger charge is -2.02. The summed E-state index contributed by atoms with van der Waals surface area (Å²) in [6.07, 6.45) is 1.66. The first-order valence-electron chi connectivity index (χ1n) is 6.55. The molecule has 1 unspecified atom stereocenters. The summed E-state index contributed by atoms with van der Waals surface area (Å²) in [4.78, 5) is 16.1. The molecule has 104 valence electrons. The average molecular weight is 273 g/mol. The van der Waals surface area contributed by atoms with E-state index in [9.17, 15) is 4.79 Å². The Morgan fingerprint density at radius 3 is 2.80 bits per heavy atom. The highest BCUT2D eigenvalue weighted by Crippen LogP contribution is 2.33. The molecule has 5 heteroatoms. The number of benzene rings is 1. The monoisotopic (exact) mass is 273 g/mol. The van der Waals surface area contributed by atoms with Crippen LogP contribution >= 0.6 is 0 Å². The molecule has 2 aromatic rings. The fourth-order valence-corrected chi connectivity index (χ4v) is 2.27. The first kappa shape index (κ1) is 12.9. The SMILES string of the molecule is COC(=O)c1nc(C2CCCO2)oc1-c1ccccc1. The van der Waals surface area contributed by atoms with Crippen LogP contribution in [0, 0.1) is 0 Å². The van der Waals surface area contributed by atoms with E-state index >= 15 is 0 Å². The number of methoxy groups -OCH3 is 1. The number of hydrogen-bond donors (Lipinski definition) is 0. The molecule has 5 nitrogen and oxygen atoms in total. The number of carbonyl (C=O) groups excluding carboxylic acids is 1. The summed E-state index contributed by atoms with van der Waals surface area (Å²) in [5, 5.41) is 0. The van der Waals surface area contributed by atoms with Gasteiger partial charge in [-0.15, -0.1) is 0 Å². The predicted octanol–water partition coefficient (Wildman–Crippen LogP) is 2.98. The third-order valence-electron chi connectivity index (χ3n) is 3.26. The van der Waals surface area contributed by atoms with Gasteiger partial charge in [-0.2, -0.15) is 0 Å². The van der Waals surface area contributed by atoms with Crippen LogP contribution in [0.1, 0.15) is 35.3 Å². The van der Waals surface area contributed by atoms with Crippen LogP contribution in [0.5, 0.6) is 0 Å². The van der Waals surface area contributed by atoms with Crippen LogP contribution in [-0.2, 0) is 9.47 Å². The van der Waals surface area contributed by atoms with Gasteiger partial charge in [-0.3, -0.25) is 0 Å². The van der Waals surface area contributed by atoms with Gasteiger partial charge < -0.3 is 13.9 Å². The fourth-order valence-electron chi connectivity index (χ4n) is 2.27. The van der Waals surface area contributed by atoms with Crippen molar-refractivity contribution < 1.29 is 18.7 Å². The van der Waals surface area contributed by atoms with Crippen LogP contribution in [0.4, 0.5) is 0 Å². The van der Waals surface area contributed by atoms with Crippen LogP contribution in [0.3, 0.4) is 0 Å². The number of rotatable bonds is 3. The van der Waals surface area contributed by atoms with Gasteiger partial charge in [-0.1, -0.05) is 30.3 Å². The molecule has 0 amide bonds. The maximum absolute atomic E-state index is 11.9. The van der Waals surface area contributed by atoms with E-state index in [0.29, 0.717) is 18.3 Å². The quantitative estimate of drug-likeness (QED) is 0.804. The van der Waals surface area contributed by atoms with Crippen molar-refractivity contribution in [1.82, 2.24) is 4.98 Å². The Kier molecular flexibility index (Phi) is 3.52. The van der Waals surface area contributed by atoms with E-state index in [1.54, 1.807) is 0 Å². The lowest BCUT2D eigenvalue weighted by molar-refractivity contribution is 0.0594. The molecule has 1 aliphatic rings. The van der Waals surface area contributed by atoms with Gasteiger partial charge >= 0.3 is 5.97 Å². The van der Waals surface area contributed by atoms with E-state index in [1.165, 1.54) is 7.11 Å². The molecule has 1 aromatic heterocycles. The Hall–Kier alpha value is -2.14. The van der Waals surface area contributed by atoms with Crippen molar-refractivity contribution in [1.29, 1.82) is 0 Å². The lowest BCUT2D eigenvalue weighted by atomic mass is 10.1. The van der Waals surface area contributed by atoms with E-state index in [1.807, 2.05) is 30.3 Å². The summed E-state index contributed by atoms with van der Waals surface area (Å²) in [5.74, 6) is 0.376. The zero-order chi connectivity index (χ0) is 13.9. The van der Waals surface area contributed by atoms with Crippen LogP contribution < -0.4 is 0 Å². The van der Waals surface area contributed by atoms with Crippen molar-refractivity contribution in [3.8, 4) is 11.3 Å². The van der Waals surface area contributed by atoms with Gasteiger partial charge in [0, 0.05) is 12.2 Å². The van der Waals surface area contributed by atoms with Gasteiger partial charge in [0.15, 0.2) is 11.5 Å². The lowest BCUT2D eigenvalue weighted by Crippen LogP contribution is -2.04. The summed E-state index contributed by atoms with van der Waals surface area (Å²) >= 11 is 0. The highest BCUT2D eigenvalue weighted by Gasteiger charge is 2.28. The van der Waals surface area contributed by atoms with E-state index in [2.05, 4.69) is 4.98 Å². The Morgan fingerprint density at radius 1 is 1.35 bits per heavy atom. The molecule has 1 aliphatic heterocycles. The van der Waals surface area contributed by atoms with Gasteiger partial charge in [0.1, 0.15) is 6.10 Å². The van der Waals surface area contributed by atoms with Crippen LogP contribution in [-0.4, -0.2) is 24.7 Å². The number of oxazole rings is 1. The smallest absolute Gasteiger partial charge is 0.360 e. The molecule has 20 heavy (non-hydrogen) atoms. The molecule has 2 heterocycles. The maximum Gasteiger partial charge on any atom is 0.360 e. The largest absolute Gasteiger partial charge is 0.464 e. The van der Waals surface area contributed by atoms with Crippen molar-refractivity contribution in [3.05, 3.63) is 41.9 Å². The van der Waals surface area contributed by atoms with Gasteiger partial charge in [-0.25, -0.2) is 9.78 Å². The van der Waals surface area contributed by atoms with Crippen LogP contribution in [0.15, 0.2) is 34.7 Å². The molecule has 0 bridgehead atoms. The second-order valence-electron chi connectivity index (χ2n) is 4.59.